The lowest BCUT2D eigenvalue weighted by Crippen LogP contribution is -2.47. The molecular weight excluding hydrogens is 422 g/mol. The number of aryl methyl sites for hydroxylation is 2. The Kier molecular flexibility index (Phi) is 7.38. The van der Waals surface area contributed by atoms with Crippen molar-refractivity contribution < 1.29 is 22.5 Å². The number of carbonyl (C=O) groups is 2. The van der Waals surface area contributed by atoms with Gasteiger partial charge in [0.15, 0.2) is 5.76 Å². The van der Waals surface area contributed by atoms with E-state index in [2.05, 4.69) is 10.1 Å². The number of aromatic nitrogens is 1. The zero-order valence-electron chi connectivity index (χ0n) is 18.8. The number of likely N-dealkylation sites (N-methyl/N-ethyl adjacent to an activating group) is 1. The summed E-state index contributed by atoms with van der Waals surface area (Å²) < 4.78 is 32.7. The van der Waals surface area contributed by atoms with E-state index in [-0.39, 0.29) is 34.9 Å². The van der Waals surface area contributed by atoms with Crippen LogP contribution in [0.25, 0.3) is 0 Å². The molecule has 0 aromatic carbocycles. The van der Waals surface area contributed by atoms with Crippen LogP contribution in [0.15, 0.2) is 9.42 Å². The summed E-state index contributed by atoms with van der Waals surface area (Å²) in [5.41, 5.74) is 0.339. The fraction of sp³-hybridized carbons (Fsp3) is 0.750. The summed E-state index contributed by atoms with van der Waals surface area (Å²) in [4.78, 5) is 30.8. The topological polar surface area (TPSA) is 107 Å². The highest BCUT2D eigenvalue weighted by molar-refractivity contribution is 7.89. The van der Waals surface area contributed by atoms with Gasteiger partial charge in [0.25, 0.3) is 0 Å². The molecule has 2 amide bonds. The molecular formula is C20H33N5O5S. The minimum atomic E-state index is -3.76. The van der Waals surface area contributed by atoms with Gasteiger partial charge in [-0.25, -0.2) is 8.42 Å². The van der Waals surface area contributed by atoms with Crippen LogP contribution in [-0.2, 0) is 19.6 Å². The number of rotatable bonds is 5. The molecule has 3 rings (SSSR count). The summed E-state index contributed by atoms with van der Waals surface area (Å²) in [5.74, 6) is -0.0449. The first kappa shape index (κ1) is 23.7. The number of hydrogen-bond donors (Lipinski definition) is 0. The van der Waals surface area contributed by atoms with Crippen molar-refractivity contribution in [3.8, 4) is 0 Å². The van der Waals surface area contributed by atoms with E-state index in [0.717, 1.165) is 13.0 Å². The highest BCUT2D eigenvalue weighted by Gasteiger charge is 2.38. The summed E-state index contributed by atoms with van der Waals surface area (Å²) in [6.45, 7) is 6.68. The Morgan fingerprint density at radius 3 is 2.48 bits per heavy atom. The minimum Gasteiger partial charge on any atom is -0.360 e. The smallest absolute Gasteiger partial charge is 0.248 e. The van der Waals surface area contributed by atoms with Gasteiger partial charge in [-0.15, -0.1) is 0 Å². The molecule has 1 unspecified atom stereocenters. The van der Waals surface area contributed by atoms with Gasteiger partial charge in [0.1, 0.15) is 10.6 Å². The molecule has 0 spiro atoms. The van der Waals surface area contributed by atoms with Crippen LogP contribution in [0.1, 0.15) is 30.7 Å². The van der Waals surface area contributed by atoms with E-state index in [9.17, 15) is 18.0 Å². The summed E-state index contributed by atoms with van der Waals surface area (Å²) >= 11 is 0. The Morgan fingerprint density at radius 1 is 1.10 bits per heavy atom. The van der Waals surface area contributed by atoms with Crippen LogP contribution in [0.5, 0.6) is 0 Å². The predicted molar refractivity (Wildman–Crippen MR) is 114 cm³/mol. The first-order valence-electron chi connectivity index (χ1n) is 10.8. The van der Waals surface area contributed by atoms with Crippen molar-refractivity contribution in [1.29, 1.82) is 0 Å². The van der Waals surface area contributed by atoms with Gasteiger partial charge in [0, 0.05) is 53.4 Å². The van der Waals surface area contributed by atoms with Crippen LogP contribution in [-0.4, -0.2) is 104 Å². The van der Waals surface area contributed by atoms with Gasteiger partial charge in [-0.05, 0) is 33.1 Å². The highest BCUT2D eigenvalue weighted by Crippen LogP contribution is 2.28. The van der Waals surface area contributed by atoms with Crippen LogP contribution in [0, 0.1) is 19.8 Å². The average Bonchev–Trinajstić information content (AvgIpc) is 2.93. The van der Waals surface area contributed by atoms with E-state index in [1.807, 2.05) is 4.90 Å². The van der Waals surface area contributed by atoms with E-state index >= 15 is 0 Å². The quantitative estimate of drug-likeness (QED) is 0.629. The Morgan fingerprint density at radius 2 is 1.84 bits per heavy atom. The molecule has 0 radical (unpaired) electrons. The van der Waals surface area contributed by atoms with Crippen LogP contribution < -0.4 is 0 Å². The summed E-state index contributed by atoms with van der Waals surface area (Å²) in [6.07, 6.45) is 2.10. The number of hydrogen-bond acceptors (Lipinski definition) is 7. The van der Waals surface area contributed by atoms with E-state index in [4.69, 9.17) is 4.52 Å². The highest BCUT2D eigenvalue weighted by atomic mass is 32.2. The average molecular weight is 456 g/mol. The third kappa shape index (κ3) is 5.27. The number of nitrogens with zero attached hydrogens (tertiary/aromatic N) is 5. The van der Waals surface area contributed by atoms with Crippen molar-refractivity contribution in [2.45, 2.75) is 38.0 Å². The molecule has 174 valence electrons. The molecule has 2 aliphatic heterocycles. The zero-order valence-corrected chi connectivity index (χ0v) is 19.7. The van der Waals surface area contributed by atoms with Gasteiger partial charge in [-0.2, -0.15) is 4.31 Å². The van der Waals surface area contributed by atoms with Gasteiger partial charge in [-0.3, -0.25) is 14.5 Å². The Bertz CT molecular complexity index is 894. The van der Waals surface area contributed by atoms with Gasteiger partial charge >= 0.3 is 0 Å². The second kappa shape index (κ2) is 9.66. The van der Waals surface area contributed by atoms with Crippen molar-refractivity contribution >= 4 is 21.8 Å². The molecule has 2 aliphatic rings. The van der Waals surface area contributed by atoms with Crippen LogP contribution in [0.3, 0.4) is 0 Å². The van der Waals surface area contributed by atoms with E-state index < -0.39 is 10.0 Å². The van der Waals surface area contributed by atoms with Crippen LogP contribution in [0.4, 0.5) is 0 Å². The minimum absolute atomic E-state index is 0.000511. The largest absolute Gasteiger partial charge is 0.360 e. The van der Waals surface area contributed by atoms with Crippen LogP contribution >= 0.6 is 0 Å². The molecule has 10 nitrogen and oxygen atoms in total. The van der Waals surface area contributed by atoms with Crippen molar-refractivity contribution in [3.05, 3.63) is 11.5 Å². The third-order valence-corrected chi connectivity index (χ3v) is 8.17. The Hall–Kier alpha value is -1.98. The molecule has 1 aromatic heterocycles. The Balaban J connectivity index is 1.64. The van der Waals surface area contributed by atoms with Gasteiger partial charge in [0.05, 0.1) is 12.5 Å². The molecule has 3 heterocycles. The SMILES string of the molecule is Cc1noc(C)c1S(=O)(=O)N1CCCC(C(=O)N2CCCN(CC(=O)N(C)C)CC2)C1. The lowest BCUT2D eigenvalue weighted by molar-refractivity contribution is -0.136. The normalized spacial score (nSPS) is 21.7. The maximum absolute atomic E-state index is 13.2. The van der Waals surface area contributed by atoms with Crippen LogP contribution in [0.2, 0.25) is 0 Å². The number of carbonyl (C=O) groups excluding carboxylic acids is 2. The molecule has 2 fully saturated rings. The molecule has 0 bridgehead atoms. The molecule has 2 saturated heterocycles. The third-order valence-electron chi connectivity index (χ3n) is 6.06. The summed E-state index contributed by atoms with van der Waals surface area (Å²) in [5, 5.41) is 3.77. The summed E-state index contributed by atoms with van der Waals surface area (Å²) in [6, 6.07) is 0. The summed E-state index contributed by atoms with van der Waals surface area (Å²) in [7, 11) is -0.284. The maximum Gasteiger partial charge on any atom is 0.248 e. The van der Waals surface area contributed by atoms with Gasteiger partial charge < -0.3 is 14.3 Å². The van der Waals surface area contributed by atoms with E-state index in [1.54, 1.807) is 32.8 Å². The van der Waals surface area contributed by atoms with Gasteiger partial charge in [-0.1, -0.05) is 5.16 Å². The number of sulfonamides is 1. The molecule has 1 atom stereocenters. The van der Waals surface area contributed by atoms with Gasteiger partial charge in [0.2, 0.25) is 21.8 Å². The molecule has 11 heteroatoms. The lowest BCUT2D eigenvalue weighted by atomic mass is 9.98. The standard InChI is InChI=1S/C20H33N5O5S/c1-15-19(16(2)30-21-15)31(28,29)25-10-5-7-17(13-25)20(27)24-9-6-8-23(11-12-24)14-18(26)22(3)4/h17H,5-14H2,1-4H3. The van der Waals surface area contributed by atoms with Crippen molar-refractivity contribution in [3.63, 3.8) is 0 Å². The van der Waals surface area contributed by atoms with E-state index in [1.165, 1.54) is 4.31 Å². The molecule has 31 heavy (non-hydrogen) atoms. The van der Waals surface area contributed by atoms with Crippen molar-refractivity contribution in [2.75, 3.05) is 59.9 Å². The molecule has 0 saturated carbocycles. The second-order valence-electron chi connectivity index (χ2n) is 8.60. The maximum atomic E-state index is 13.2. The fourth-order valence-corrected chi connectivity index (χ4v) is 6.09. The zero-order chi connectivity index (χ0) is 22.8. The first-order chi connectivity index (χ1) is 14.6. The molecule has 1 aromatic rings. The molecule has 0 N–H and O–H groups in total. The lowest BCUT2D eigenvalue weighted by Gasteiger charge is -2.34. The second-order valence-corrected chi connectivity index (χ2v) is 10.5. The predicted octanol–water partition coefficient (Wildman–Crippen LogP) is 0.315. The van der Waals surface area contributed by atoms with Crippen molar-refractivity contribution in [1.82, 2.24) is 24.2 Å². The first-order valence-corrected chi connectivity index (χ1v) is 12.2. The molecule has 0 aliphatic carbocycles. The monoisotopic (exact) mass is 455 g/mol. The van der Waals surface area contributed by atoms with Crippen molar-refractivity contribution in [2.24, 2.45) is 5.92 Å². The number of amides is 2. The Labute approximate surface area is 184 Å². The van der Waals surface area contributed by atoms with E-state index in [0.29, 0.717) is 51.3 Å². The fourth-order valence-electron chi connectivity index (χ4n) is 4.27. The number of piperidine rings is 1.